The Morgan fingerprint density at radius 2 is 2.00 bits per heavy atom. The van der Waals surface area contributed by atoms with Gasteiger partial charge in [-0.05, 0) is 19.3 Å². The van der Waals surface area contributed by atoms with E-state index in [0.29, 0.717) is 0 Å². The van der Waals surface area contributed by atoms with Gasteiger partial charge in [0, 0.05) is 11.4 Å². The molecule has 0 unspecified atom stereocenters. The van der Waals surface area contributed by atoms with Crippen LogP contribution in [0, 0.1) is 0 Å². The van der Waals surface area contributed by atoms with Gasteiger partial charge in [-0.2, -0.15) is 0 Å². The van der Waals surface area contributed by atoms with Gasteiger partial charge in [0.25, 0.3) is 0 Å². The van der Waals surface area contributed by atoms with Crippen molar-refractivity contribution in [3.8, 4) is 0 Å². The lowest BCUT2D eigenvalue weighted by atomic mass is 10.2. The van der Waals surface area contributed by atoms with Crippen LogP contribution in [0.25, 0.3) is 0 Å². The van der Waals surface area contributed by atoms with Crippen LogP contribution in [0.1, 0.15) is 46.5 Å². The van der Waals surface area contributed by atoms with Gasteiger partial charge < -0.3 is 5.32 Å². The largest absolute Gasteiger partial charge is 0.363 e. The second-order valence-electron chi connectivity index (χ2n) is 2.97. The Hall–Kier alpha value is -0.720. The van der Waals surface area contributed by atoms with E-state index in [-0.39, 0.29) is 0 Å². The molecule has 1 heteroatoms. The van der Waals surface area contributed by atoms with Crippen molar-refractivity contribution in [2.24, 2.45) is 0 Å². The Bertz CT molecular complexity index is 156. The SMILES string of the molecule is C=C(CC)N/C(=C\CC)CCC. The van der Waals surface area contributed by atoms with Crippen molar-refractivity contribution in [2.75, 3.05) is 0 Å². The lowest BCUT2D eigenvalue weighted by molar-refractivity contribution is 0.785. The standard InChI is InChI=1S/C11H21N/c1-5-8-11(9-6-2)12-10(4)7-3/h8,12H,4-7,9H2,1-3H3/b11-8-. The van der Waals surface area contributed by atoms with Gasteiger partial charge in [-0.1, -0.05) is 39.8 Å². The Labute approximate surface area is 76.6 Å². The van der Waals surface area contributed by atoms with Gasteiger partial charge >= 0.3 is 0 Å². The number of hydrogen-bond donors (Lipinski definition) is 1. The monoisotopic (exact) mass is 167 g/mol. The Morgan fingerprint density at radius 3 is 2.42 bits per heavy atom. The lowest BCUT2D eigenvalue weighted by Gasteiger charge is -2.10. The van der Waals surface area contributed by atoms with E-state index in [2.05, 4.69) is 38.7 Å². The highest BCUT2D eigenvalue weighted by atomic mass is 14.9. The van der Waals surface area contributed by atoms with E-state index >= 15 is 0 Å². The van der Waals surface area contributed by atoms with E-state index in [4.69, 9.17) is 0 Å². The molecular weight excluding hydrogens is 146 g/mol. The number of nitrogens with one attached hydrogen (secondary N) is 1. The summed E-state index contributed by atoms with van der Waals surface area (Å²) in [5, 5.41) is 3.34. The van der Waals surface area contributed by atoms with Crippen molar-refractivity contribution < 1.29 is 0 Å². The average molecular weight is 167 g/mol. The predicted molar refractivity (Wildman–Crippen MR) is 55.8 cm³/mol. The summed E-state index contributed by atoms with van der Waals surface area (Å²) in [4.78, 5) is 0. The van der Waals surface area contributed by atoms with Gasteiger partial charge in [-0.25, -0.2) is 0 Å². The maximum atomic E-state index is 3.93. The van der Waals surface area contributed by atoms with E-state index in [1.54, 1.807) is 0 Å². The minimum absolute atomic E-state index is 1.00. The first-order valence-electron chi connectivity index (χ1n) is 4.88. The Morgan fingerprint density at radius 1 is 1.33 bits per heavy atom. The zero-order valence-electron chi connectivity index (χ0n) is 8.61. The van der Waals surface area contributed by atoms with Crippen molar-refractivity contribution in [1.29, 1.82) is 0 Å². The lowest BCUT2D eigenvalue weighted by Crippen LogP contribution is -2.11. The topological polar surface area (TPSA) is 12.0 Å². The first kappa shape index (κ1) is 11.3. The van der Waals surface area contributed by atoms with Crippen LogP contribution in [0.2, 0.25) is 0 Å². The third-order valence-corrected chi connectivity index (χ3v) is 1.73. The molecule has 0 aromatic heterocycles. The summed E-state index contributed by atoms with van der Waals surface area (Å²) in [5.41, 5.74) is 2.44. The van der Waals surface area contributed by atoms with Crippen molar-refractivity contribution in [1.82, 2.24) is 5.32 Å². The zero-order chi connectivity index (χ0) is 9.40. The van der Waals surface area contributed by atoms with Crippen LogP contribution in [-0.4, -0.2) is 0 Å². The van der Waals surface area contributed by atoms with Crippen molar-refractivity contribution in [3.63, 3.8) is 0 Å². The summed E-state index contributed by atoms with van der Waals surface area (Å²) < 4.78 is 0. The molecule has 0 radical (unpaired) electrons. The molecule has 0 aliphatic heterocycles. The van der Waals surface area contributed by atoms with E-state index in [9.17, 15) is 0 Å². The molecule has 0 aliphatic carbocycles. The average Bonchev–Trinajstić information content (AvgIpc) is 2.05. The molecule has 0 aliphatic rings. The fourth-order valence-corrected chi connectivity index (χ4v) is 1.05. The minimum Gasteiger partial charge on any atom is -0.363 e. The summed E-state index contributed by atoms with van der Waals surface area (Å²) in [6.07, 6.45) is 6.66. The highest BCUT2D eigenvalue weighted by Gasteiger charge is 1.95. The fraction of sp³-hybridized carbons (Fsp3) is 0.636. The zero-order valence-corrected chi connectivity index (χ0v) is 8.61. The first-order chi connectivity index (χ1) is 5.74. The van der Waals surface area contributed by atoms with Gasteiger partial charge in [0.15, 0.2) is 0 Å². The molecule has 1 N–H and O–H groups in total. The molecule has 0 aromatic rings. The molecule has 0 amide bonds. The van der Waals surface area contributed by atoms with Crippen LogP contribution in [0.3, 0.4) is 0 Å². The maximum absolute atomic E-state index is 3.93. The second-order valence-corrected chi connectivity index (χ2v) is 2.97. The molecular formula is C11H21N. The third-order valence-electron chi connectivity index (χ3n) is 1.73. The van der Waals surface area contributed by atoms with E-state index in [0.717, 1.165) is 25.0 Å². The molecule has 0 aromatic carbocycles. The number of allylic oxidation sites excluding steroid dienone is 3. The Balaban J connectivity index is 3.95. The third kappa shape index (κ3) is 5.00. The van der Waals surface area contributed by atoms with Crippen molar-refractivity contribution in [3.05, 3.63) is 24.0 Å². The van der Waals surface area contributed by atoms with Gasteiger partial charge in [-0.15, -0.1) is 0 Å². The van der Waals surface area contributed by atoms with Crippen LogP contribution < -0.4 is 5.32 Å². The molecule has 12 heavy (non-hydrogen) atoms. The molecule has 0 bridgehead atoms. The normalized spacial score (nSPS) is 11.4. The van der Waals surface area contributed by atoms with E-state index < -0.39 is 0 Å². The van der Waals surface area contributed by atoms with E-state index in [1.807, 2.05) is 0 Å². The molecule has 0 saturated carbocycles. The summed E-state index contributed by atoms with van der Waals surface area (Å²) in [5.74, 6) is 0. The van der Waals surface area contributed by atoms with Gasteiger partial charge in [-0.3, -0.25) is 0 Å². The highest BCUT2D eigenvalue weighted by molar-refractivity contribution is 5.07. The quantitative estimate of drug-likeness (QED) is 0.637. The Kier molecular flexibility index (Phi) is 6.54. The molecule has 0 saturated heterocycles. The smallest absolute Gasteiger partial charge is 0.0107 e. The fourth-order valence-electron chi connectivity index (χ4n) is 1.05. The summed E-state index contributed by atoms with van der Waals surface area (Å²) in [6, 6.07) is 0. The van der Waals surface area contributed by atoms with Crippen molar-refractivity contribution >= 4 is 0 Å². The van der Waals surface area contributed by atoms with Gasteiger partial charge in [0.2, 0.25) is 0 Å². The first-order valence-corrected chi connectivity index (χ1v) is 4.88. The van der Waals surface area contributed by atoms with Crippen LogP contribution in [0.5, 0.6) is 0 Å². The van der Waals surface area contributed by atoms with E-state index in [1.165, 1.54) is 12.1 Å². The minimum atomic E-state index is 1.00. The van der Waals surface area contributed by atoms with Crippen LogP contribution in [0.4, 0.5) is 0 Å². The van der Waals surface area contributed by atoms with Crippen LogP contribution >= 0.6 is 0 Å². The summed E-state index contributed by atoms with van der Waals surface area (Å²) in [6.45, 7) is 10.4. The molecule has 70 valence electrons. The van der Waals surface area contributed by atoms with Gasteiger partial charge in [0.1, 0.15) is 0 Å². The summed E-state index contributed by atoms with van der Waals surface area (Å²) >= 11 is 0. The predicted octanol–water partition coefficient (Wildman–Crippen LogP) is 3.59. The summed E-state index contributed by atoms with van der Waals surface area (Å²) in [7, 11) is 0. The molecule has 0 atom stereocenters. The second kappa shape index (κ2) is 6.96. The molecule has 0 spiro atoms. The molecule has 0 heterocycles. The van der Waals surface area contributed by atoms with Crippen molar-refractivity contribution in [2.45, 2.75) is 46.5 Å². The molecule has 0 rings (SSSR count). The highest BCUT2D eigenvalue weighted by Crippen LogP contribution is 2.05. The maximum Gasteiger partial charge on any atom is 0.0107 e. The number of hydrogen-bond acceptors (Lipinski definition) is 1. The molecule has 0 fully saturated rings. The molecule has 1 nitrogen and oxygen atoms in total. The van der Waals surface area contributed by atoms with Gasteiger partial charge in [0.05, 0.1) is 0 Å². The number of rotatable bonds is 6. The van der Waals surface area contributed by atoms with Crippen LogP contribution in [-0.2, 0) is 0 Å². The van der Waals surface area contributed by atoms with Crippen LogP contribution in [0.15, 0.2) is 24.0 Å².